The number of hydrogen-bond donors (Lipinski definition) is 0. The van der Waals surface area contributed by atoms with E-state index in [2.05, 4.69) is 18.1 Å². The van der Waals surface area contributed by atoms with Gasteiger partial charge in [0.15, 0.2) is 5.65 Å². The molecule has 0 aromatic carbocycles. The molecule has 2 aromatic rings. The van der Waals surface area contributed by atoms with Crippen LogP contribution >= 0.6 is 23.2 Å². The minimum absolute atomic E-state index is 0.168. The molecule has 0 spiro atoms. The molecule has 1 amide bonds. The first-order valence-electron chi connectivity index (χ1n) is 6.34. The molecule has 0 bridgehead atoms. The molecule has 0 atom stereocenters. The Hall–Kier alpha value is -1.78. The van der Waals surface area contributed by atoms with Gasteiger partial charge in [-0.05, 0) is 13.0 Å². The number of carbonyl (C=O) groups is 1. The van der Waals surface area contributed by atoms with Crippen LogP contribution in [0.2, 0.25) is 10.0 Å². The highest BCUT2D eigenvalue weighted by molar-refractivity contribution is 6.36. The number of rotatable bonds is 5. The summed E-state index contributed by atoms with van der Waals surface area (Å²) >= 11 is 12.2. The van der Waals surface area contributed by atoms with Gasteiger partial charge in [0.05, 0.1) is 15.7 Å². The van der Waals surface area contributed by atoms with Crippen molar-refractivity contribution in [2.75, 3.05) is 13.1 Å². The van der Waals surface area contributed by atoms with E-state index in [-0.39, 0.29) is 5.91 Å². The summed E-state index contributed by atoms with van der Waals surface area (Å²) in [5, 5.41) is 0.849. The van der Waals surface area contributed by atoms with Gasteiger partial charge in [-0.25, -0.2) is 4.98 Å². The maximum absolute atomic E-state index is 12.7. The molecule has 0 saturated carbocycles. The molecule has 2 rings (SSSR count). The molecule has 2 heterocycles. The lowest BCUT2D eigenvalue weighted by atomic mass is 10.3. The van der Waals surface area contributed by atoms with Crippen molar-refractivity contribution in [3.63, 3.8) is 0 Å². The van der Waals surface area contributed by atoms with Gasteiger partial charge in [0, 0.05) is 19.3 Å². The Morgan fingerprint density at radius 2 is 2.00 bits per heavy atom. The summed E-state index contributed by atoms with van der Waals surface area (Å²) in [6.45, 7) is 9.95. The van der Waals surface area contributed by atoms with Crippen molar-refractivity contribution in [1.29, 1.82) is 0 Å². The number of nitrogens with zero attached hydrogens (tertiary/aromatic N) is 3. The van der Waals surface area contributed by atoms with Crippen molar-refractivity contribution < 1.29 is 4.79 Å². The van der Waals surface area contributed by atoms with Gasteiger partial charge < -0.3 is 4.90 Å². The van der Waals surface area contributed by atoms with E-state index >= 15 is 0 Å². The summed E-state index contributed by atoms with van der Waals surface area (Å²) in [6, 6.07) is 1.60. The molecule has 110 valence electrons. The van der Waals surface area contributed by atoms with Gasteiger partial charge in [-0.15, -0.1) is 13.2 Å². The van der Waals surface area contributed by atoms with Crippen LogP contribution in [0.4, 0.5) is 0 Å². The SMILES string of the molecule is C=CCN(CC=C)C(=O)c1c(C)nc2c(Cl)cc(Cl)cn12. The molecule has 0 fully saturated rings. The van der Waals surface area contributed by atoms with E-state index < -0.39 is 0 Å². The molecule has 0 aliphatic carbocycles. The molecule has 0 aliphatic rings. The molecule has 0 aliphatic heterocycles. The summed E-state index contributed by atoms with van der Waals surface area (Å²) < 4.78 is 1.63. The molecule has 0 radical (unpaired) electrons. The van der Waals surface area contributed by atoms with E-state index in [9.17, 15) is 4.79 Å². The van der Waals surface area contributed by atoms with Crippen LogP contribution in [0.3, 0.4) is 0 Å². The third-order valence-corrected chi connectivity index (χ3v) is 3.49. The predicted octanol–water partition coefficient (Wildman–Crippen LogP) is 3.76. The van der Waals surface area contributed by atoms with Gasteiger partial charge in [0.1, 0.15) is 5.69 Å². The van der Waals surface area contributed by atoms with Crippen LogP contribution in [0.25, 0.3) is 5.65 Å². The lowest BCUT2D eigenvalue weighted by Gasteiger charge is -2.19. The van der Waals surface area contributed by atoms with Crippen LogP contribution in [0, 0.1) is 6.92 Å². The maximum atomic E-state index is 12.7. The predicted molar refractivity (Wildman–Crippen MR) is 86.2 cm³/mol. The number of hydrogen-bond acceptors (Lipinski definition) is 2. The molecule has 4 nitrogen and oxygen atoms in total. The molecule has 6 heteroatoms. The highest BCUT2D eigenvalue weighted by atomic mass is 35.5. The number of carbonyl (C=O) groups excluding carboxylic acids is 1. The van der Waals surface area contributed by atoms with Crippen molar-refractivity contribution in [3.8, 4) is 0 Å². The lowest BCUT2D eigenvalue weighted by Crippen LogP contribution is -2.32. The Kier molecular flexibility index (Phi) is 4.70. The monoisotopic (exact) mass is 323 g/mol. The molecule has 2 aromatic heterocycles. The van der Waals surface area contributed by atoms with Gasteiger partial charge in [-0.3, -0.25) is 9.20 Å². The quantitative estimate of drug-likeness (QED) is 0.785. The first-order chi connectivity index (χ1) is 9.99. The fourth-order valence-electron chi connectivity index (χ4n) is 2.15. The minimum Gasteiger partial charge on any atom is -0.330 e. The topological polar surface area (TPSA) is 37.6 Å². The highest BCUT2D eigenvalue weighted by Gasteiger charge is 2.22. The standard InChI is InChI=1S/C15H15Cl2N3O/c1-4-6-19(7-5-2)15(21)13-10(3)18-14-12(17)8-11(16)9-20(13)14/h4-5,8-9H,1-2,6-7H2,3H3. The van der Waals surface area contributed by atoms with Crippen LogP contribution in [0.5, 0.6) is 0 Å². The summed E-state index contributed by atoms with van der Waals surface area (Å²) in [5.41, 5.74) is 1.56. The second-order valence-corrected chi connectivity index (χ2v) is 5.38. The Bertz CT molecular complexity index is 711. The Balaban J connectivity index is 2.59. The Labute approximate surface area is 133 Å². The maximum Gasteiger partial charge on any atom is 0.273 e. The molecule has 0 saturated heterocycles. The smallest absolute Gasteiger partial charge is 0.273 e. The average molecular weight is 324 g/mol. The van der Waals surface area contributed by atoms with Gasteiger partial charge in [0.25, 0.3) is 5.91 Å². The molecular formula is C15H15Cl2N3O. The van der Waals surface area contributed by atoms with E-state index in [4.69, 9.17) is 23.2 Å². The third kappa shape index (κ3) is 2.96. The van der Waals surface area contributed by atoms with Crippen molar-refractivity contribution in [1.82, 2.24) is 14.3 Å². The van der Waals surface area contributed by atoms with E-state index in [0.29, 0.717) is 40.2 Å². The lowest BCUT2D eigenvalue weighted by molar-refractivity contribution is 0.0783. The zero-order chi connectivity index (χ0) is 15.6. The number of aromatic nitrogens is 2. The van der Waals surface area contributed by atoms with Gasteiger partial charge in [0.2, 0.25) is 0 Å². The largest absolute Gasteiger partial charge is 0.330 e. The summed E-state index contributed by atoms with van der Waals surface area (Å²) in [5.74, 6) is -0.168. The van der Waals surface area contributed by atoms with Gasteiger partial charge in [-0.1, -0.05) is 35.4 Å². The second-order valence-electron chi connectivity index (χ2n) is 4.53. The fraction of sp³-hybridized carbons (Fsp3) is 0.200. The van der Waals surface area contributed by atoms with Crippen LogP contribution < -0.4 is 0 Å². The second kappa shape index (κ2) is 6.33. The van der Waals surface area contributed by atoms with Crippen LogP contribution in [-0.4, -0.2) is 33.3 Å². The van der Waals surface area contributed by atoms with Crippen LogP contribution in [0.1, 0.15) is 16.2 Å². The first kappa shape index (κ1) is 15.6. The molecule has 0 N–H and O–H groups in total. The third-order valence-electron chi connectivity index (χ3n) is 3.00. The number of pyridine rings is 1. The minimum atomic E-state index is -0.168. The normalized spacial score (nSPS) is 10.6. The Morgan fingerprint density at radius 3 is 2.57 bits per heavy atom. The highest BCUT2D eigenvalue weighted by Crippen LogP contribution is 2.25. The number of halogens is 2. The number of aryl methyl sites for hydroxylation is 1. The molecule has 0 unspecified atom stereocenters. The zero-order valence-electron chi connectivity index (χ0n) is 11.6. The van der Waals surface area contributed by atoms with E-state index in [0.717, 1.165) is 0 Å². The number of fused-ring (bicyclic) bond motifs is 1. The summed E-state index contributed by atoms with van der Waals surface area (Å²) in [4.78, 5) is 18.7. The molecular weight excluding hydrogens is 309 g/mol. The fourth-order valence-corrected chi connectivity index (χ4v) is 2.66. The van der Waals surface area contributed by atoms with Crippen molar-refractivity contribution >= 4 is 34.8 Å². The van der Waals surface area contributed by atoms with Crippen LogP contribution in [-0.2, 0) is 0 Å². The summed E-state index contributed by atoms with van der Waals surface area (Å²) in [6.07, 6.45) is 4.97. The Morgan fingerprint density at radius 1 is 1.38 bits per heavy atom. The van der Waals surface area contributed by atoms with Gasteiger partial charge >= 0.3 is 0 Å². The number of amides is 1. The molecule has 21 heavy (non-hydrogen) atoms. The van der Waals surface area contributed by atoms with E-state index in [1.807, 2.05) is 0 Å². The van der Waals surface area contributed by atoms with Crippen molar-refractivity contribution in [2.24, 2.45) is 0 Å². The van der Waals surface area contributed by atoms with E-state index in [1.54, 1.807) is 40.6 Å². The zero-order valence-corrected chi connectivity index (χ0v) is 13.2. The number of imidazole rings is 1. The first-order valence-corrected chi connectivity index (χ1v) is 7.10. The van der Waals surface area contributed by atoms with Gasteiger partial charge in [-0.2, -0.15) is 0 Å². The van der Waals surface area contributed by atoms with E-state index in [1.165, 1.54) is 0 Å². The van der Waals surface area contributed by atoms with Crippen molar-refractivity contribution in [2.45, 2.75) is 6.92 Å². The summed E-state index contributed by atoms with van der Waals surface area (Å²) in [7, 11) is 0. The van der Waals surface area contributed by atoms with Crippen molar-refractivity contribution in [3.05, 3.63) is 59.0 Å². The van der Waals surface area contributed by atoms with Crippen LogP contribution in [0.15, 0.2) is 37.6 Å². The average Bonchev–Trinajstić information content (AvgIpc) is 2.74.